The van der Waals surface area contributed by atoms with E-state index in [-0.39, 0.29) is 0 Å². The fourth-order valence-corrected chi connectivity index (χ4v) is 2.95. The van der Waals surface area contributed by atoms with Crippen LogP contribution in [0.25, 0.3) is 0 Å². The van der Waals surface area contributed by atoms with Crippen molar-refractivity contribution in [1.82, 2.24) is 5.32 Å². The average molecular weight is 261 g/mol. The summed E-state index contributed by atoms with van der Waals surface area (Å²) in [4.78, 5) is 2.79. The minimum absolute atomic E-state index is 0.329. The van der Waals surface area contributed by atoms with Gasteiger partial charge in [0.25, 0.3) is 0 Å². The van der Waals surface area contributed by atoms with Gasteiger partial charge in [-0.2, -0.15) is 0 Å². The molecule has 0 saturated carbocycles. The number of aryl methyl sites for hydroxylation is 1. The lowest BCUT2D eigenvalue weighted by Gasteiger charge is -2.13. The molecule has 0 saturated heterocycles. The van der Waals surface area contributed by atoms with E-state index >= 15 is 0 Å². The summed E-state index contributed by atoms with van der Waals surface area (Å²) in [7, 11) is 0. The van der Waals surface area contributed by atoms with Crippen LogP contribution in [-0.2, 0) is 13.0 Å². The lowest BCUT2D eigenvalue weighted by Crippen LogP contribution is -2.27. The number of thiophene rings is 1. The van der Waals surface area contributed by atoms with Gasteiger partial charge in [-0.1, -0.05) is 12.1 Å². The molecule has 2 rings (SSSR count). The Kier molecular flexibility index (Phi) is 4.39. The number of hydrogen-bond donors (Lipinski definition) is 2. The van der Waals surface area contributed by atoms with Gasteiger partial charge in [-0.05, 0) is 50.1 Å². The predicted octanol–water partition coefficient (Wildman–Crippen LogP) is 3.48. The molecule has 0 bridgehead atoms. The Balaban J connectivity index is 1.83. The second-order valence-corrected chi connectivity index (χ2v) is 6.04. The Morgan fingerprint density at radius 1 is 1.28 bits per heavy atom. The van der Waals surface area contributed by atoms with E-state index in [9.17, 15) is 5.11 Å². The summed E-state index contributed by atoms with van der Waals surface area (Å²) in [5.74, 6) is 0.329. The average Bonchev–Trinajstić information content (AvgIpc) is 2.72. The number of phenolic OH excluding ortho intramolecular Hbond substituents is 1. The lowest BCUT2D eigenvalue weighted by molar-refractivity contribution is 0.473. The van der Waals surface area contributed by atoms with E-state index < -0.39 is 0 Å². The molecular formula is C15H19NOS. The second-order valence-electron chi connectivity index (χ2n) is 4.67. The Bertz CT molecular complexity index is 507. The second kappa shape index (κ2) is 6.03. The van der Waals surface area contributed by atoms with Crippen molar-refractivity contribution in [3.8, 4) is 5.75 Å². The fourth-order valence-electron chi connectivity index (χ4n) is 1.93. The third-order valence-corrected chi connectivity index (χ3v) is 3.89. The van der Waals surface area contributed by atoms with Gasteiger partial charge in [0.2, 0.25) is 0 Å². The lowest BCUT2D eigenvalue weighted by atomic mass is 10.1. The van der Waals surface area contributed by atoms with Crippen LogP contribution in [0.2, 0.25) is 0 Å². The fraction of sp³-hybridized carbons (Fsp3) is 0.333. The minimum Gasteiger partial charge on any atom is -0.508 e. The molecule has 0 aliphatic carbocycles. The first-order valence-electron chi connectivity index (χ1n) is 6.20. The number of nitrogens with one attached hydrogen (secondary N) is 1. The maximum atomic E-state index is 9.39. The van der Waals surface area contributed by atoms with Crippen LogP contribution < -0.4 is 5.32 Å². The molecule has 3 heteroatoms. The van der Waals surface area contributed by atoms with Gasteiger partial charge in [-0.15, -0.1) is 11.3 Å². The Hall–Kier alpha value is -1.32. The van der Waals surface area contributed by atoms with Crippen molar-refractivity contribution in [2.24, 2.45) is 0 Å². The van der Waals surface area contributed by atoms with Crippen molar-refractivity contribution in [2.75, 3.05) is 0 Å². The summed E-state index contributed by atoms with van der Waals surface area (Å²) in [6.07, 6.45) is 1.05. The van der Waals surface area contributed by atoms with Crippen LogP contribution in [0.5, 0.6) is 5.75 Å². The third kappa shape index (κ3) is 3.86. The smallest absolute Gasteiger partial charge is 0.115 e. The van der Waals surface area contributed by atoms with E-state index in [0.717, 1.165) is 18.5 Å². The van der Waals surface area contributed by atoms with Crippen LogP contribution in [-0.4, -0.2) is 11.1 Å². The van der Waals surface area contributed by atoms with Crippen LogP contribution in [0.1, 0.15) is 22.2 Å². The molecule has 18 heavy (non-hydrogen) atoms. The van der Waals surface area contributed by atoms with Gasteiger partial charge >= 0.3 is 0 Å². The molecule has 0 aliphatic rings. The van der Waals surface area contributed by atoms with E-state index in [0.29, 0.717) is 11.8 Å². The van der Waals surface area contributed by atoms with Crippen molar-refractivity contribution >= 4 is 11.3 Å². The van der Waals surface area contributed by atoms with Gasteiger partial charge in [0.1, 0.15) is 5.75 Å². The molecule has 1 unspecified atom stereocenters. The Morgan fingerprint density at radius 2 is 2.11 bits per heavy atom. The van der Waals surface area contributed by atoms with Gasteiger partial charge in [0, 0.05) is 22.3 Å². The van der Waals surface area contributed by atoms with Gasteiger partial charge in [-0.25, -0.2) is 0 Å². The number of aromatic hydroxyl groups is 1. The molecule has 0 fully saturated rings. The van der Waals surface area contributed by atoms with Crippen LogP contribution >= 0.6 is 11.3 Å². The van der Waals surface area contributed by atoms with Crippen LogP contribution in [0, 0.1) is 6.92 Å². The highest BCUT2D eigenvalue weighted by Crippen LogP contribution is 2.17. The number of hydrogen-bond acceptors (Lipinski definition) is 3. The van der Waals surface area contributed by atoms with E-state index in [1.54, 1.807) is 12.1 Å². The summed E-state index contributed by atoms with van der Waals surface area (Å²) in [6, 6.07) is 12.2. The standard InChI is InChI=1S/C15H19NOS/c1-11(8-15-7-6-12(2)18-15)16-10-13-4-3-5-14(17)9-13/h3-7,9,11,16-17H,8,10H2,1-2H3. The predicted molar refractivity (Wildman–Crippen MR) is 77.2 cm³/mol. The van der Waals surface area contributed by atoms with Crippen LogP contribution in [0.15, 0.2) is 36.4 Å². The van der Waals surface area contributed by atoms with Gasteiger partial charge in [-0.3, -0.25) is 0 Å². The van der Waals surface area contributed by atoms with Crippen molar-refractivity contribution in [1.29, 1.82) is 0 Å². The molecule has 0 amide bonds. The van der Waals surface area contributed by atoms with Crippen molar-refractivity contribution in [2.45, 2.75) is 32.9 Å². The molecule has 0 spiro atoms. The summed E-state index contributed by atoms with van der Waals surface area (Å²) < 4.78 is 0. The van der Waals surface area contributed by atoms with E-state index in [4.69, 9.17) is 0 Å². The number of rotatable bonds is 5. The molecular weight excluding hydrogens is 242 g/mol. The maximum absolute atomic E-state index is 9.39. The van der Waals surface area contributed by atoms with E-state index in [1.807, 2.05) is 23.5 Å². The van der Waals surface area contributed by atoms with Crippen molar-refractivity contribution in [3.05, 3.63) is 51.7 Å². The normalized spacial score (nSPS) is 12.6. The molecule has 0 aliphatic heterocycles. The Labute approximate surface area is 112 Å². The zero-order valence-corrected chi connectivity index (χ0v) is 11.6. The monoisotopic (exact) mass is 261 g/mol. The molecule has 0 radical (unpaired) electrons. The highest BCUT2D eigenvalue weighted by molar-refractivity contribution is 7.11. The van der Waals surface area contributed by atoms with E-state index in [1.165, 1.54) is 9.75 Å². The molecule has 1 aromatic carbocycles. The molecule has 1 atom stereocenters. The topological polar surface area (TPSA) is 32.3 Å². The highest BCUT2D eigenvalue weighted by atomic mass is 32.1. The molecule has 2 aromatic rings. The van der Waals surface area contributed by atoms with Crippen molar-refractivity contribution < 1.29 is 5.11 Å². The SMILES string of the molecule is Cc1ccc(CC(C)NCc2cccc(O)c2)s1. The largest absolute Gasteiger partial charge is 0.508 e. The van der Waals surface area contributed by atoms with Gasteiger partial charge in [0.15, 0.2) is 0 Å². The Morgan fingerprint density at radius 3 is 2.78 bits per heavy atom. The zero-order chi connectivity index (χ0) is 13.0. The molecule has 1 aromatic heterocycles. The van der Waals surface area contributed by atoms with Crippen LogP contribution in [0.4, 0.5) is 0 Å². The first kappa shape index (κ1) is 13.1. The maximum Gasteiger partial charge on any atom is 0.115 e. The number of phenols is 1. The first-order chi connectivity index (χ1) is 8.63. The van der Waals surface area contributed by atoms with E-state index in [2.05, 4.69) is 31.3 Å². The van der Waals surface area contributed by atoms with Crippen LogP contribution in [0.3, 0.4) is 0 Å². The molecule has 2 N–H and O–H groups in total. The summed E-state index contributed by atoms with van der Waals surface area (Å²) in [6.45, 7) is 5.12. The molecule has 1 heterocycles. The molecule has 96 valence electrons. The zero-order valence-electron chi connectivity index (χ0n) is 10.8. The quantitative estimate of drug-likeness (QED) is 0.863. The third-order valence-electron chi connectivity index (χ3n) is 2.87. The number of benzene rings is 1. The summed E-state index contributed by atoms with van der Waals surface area (Å²) in [5, 5.41) is 12.9. The summed E-state index contributed by atoms with van der Waals surface area (Å²) >= 11 is 1.86. The van der Waals surface area contributed by atoms with Gasteiger partial charge < -0.3 is 10.4 Å². The minimum atomic E-state index is 0.329. The highest BCUT2D eigenvalue weighted by Gasteiger charge is 2.05. The first-order valence-corrected chi connectivity index (χ1v) is 7.02. The van der Waals surface area contributed by atoms with Gasteiger partial charge in [0.05, 0.1) is 0 Å². The van der Waals surface area contributed by atoms with Crippen molar-refractivity contribution in [3.63, 3.8) is 0 Å². The molecule has 2 nitrogen and oxygen atoms in total. The summed E-state index contributed by atoms with van der Waals surface area (Å²) in [5.41, 5.74) is 1.12.